The van der Waals surface area contributed by atoms with Crippen molar-refractivity contribution in [3.05, 3.63) is 69.8 Å². The summed E-state index contributed by atoms with van der Waals surface area (Å²) in [5.41, 5.74) is -1.11. The molecule has 2 aromatic heterocycles. The first-order valence-electron chi connectivity index (χ1n) is 8.71. The fraction of sp³-hybridized carbons (Fsp3) is 0.400. The molecule has 1 radical (unpaired) electrons. The normalized spacial score (nSPS) is 10.7. The standard InChI is InChI=1S/2C10H14N2O2.Cu/c2*1-10(2,3)9(13)11-8-6-4-5-7-12(8)14;/h2*4-7H,1-3H3,(H,11,13);/q;;+2/p-2. The average Bonchev–Trinajstić information content (AvgIpc) is 2.58. The molecule has 0 fully saturated rings. The topological polar surface area (TPSA) is 116 Å². The van der Waals surface area contributed by atoms with Crippen LogP contribution in [0.4, 0.5) is 11.6 Å². The molecule has 0 N–H and O–H groups in total. The Kier molecular flexibility index (Phi) is 9.80. The molecule has 0 atom stereocenters. The minimum absolute atomic E-state index is 0. The van der Waals surface area contributed by atoms with E-state index in [4.69, 9.17) is 0 Å². The van der Waals surface area contributed by atoms with Gasteiger partial charge in [-0.25, -0.2) is 0 Å². The second kappa shape index (κ2) is 10.8. The number of carbonyl (C=O) groups excluding carboxylic acids is 2. The predicted octanol–water partition coefficient (Wildman–Crippen LogP) is 3.79. The second-order valence-corrected chi connectivity index (χ2v) is 8.10. The molecule has 0 bridgehead atoms. The molecule has 2 aromatic rings. The smallest absolute Gasteiger partial charge is 0.805 e. The maximum Gasteiger partial charge on any atom is 2.00 e. The summed E-state index contributed by atoms with van der Waals surface area (Å²) in [5.74, 6) is -0.332. The predicted molar refractivity (Wildman–Crippen MR) is 106 cm³/mol. The molecule has 0 aliphatic rings. The van der Waals surface area contributed by atoms with Gasteiger partial charge in [0.05, 0.1) is 0 Å². The summed E-state index contributed by atoms with van der Waals surface area (Å²) in [4.78, 5) is 22.9. The molecule has 2 rings (SSSR count). The molecule has 0 aliphatic carbocycles. The Labute approximate surface area is 182 Å². The fourth-order valence-corrected chi connectivity index (χ4v) is 1.56. The molecular formula is C20H26CuN4O4. The van der Waals surface area contributed by atoms with Gasteiger partial charge >= 0.3 is 17.1 Å². The Morgan fingerprint density at radius 1 is 0.724 bits per heavy atom. The summed E-state index contributed by atoms with van der Waals surface area (Å²) in [6.07, 6.45) is 2.63. The minimum Gasteiger partial charge on any atom is -0.805 e. The molecule has 0 aromatic carbocycles. The summed E-state index contributed by atoms with van der Waals surface area (Å²) in [7, 11) is 0. The third-order valence-electron chi connectivity index (χ3n) is 3.32. The third kappa shape index (κ3) is 8.93. The van der Waals surface area contributed by atoms with Crippen LogP contribution >= 0.6 is 0 Å². The molecule has 8 nitrogen and oxygen atoms in total. The van der Waals surface area contributed by atoms with Gasteiger partial charge in [-0.3, -0.25) is 9.59 Å². The molecule has 29 heavy (non-hydrogen) atoms. The summed E-state index contributed by atoms with van der Waals surface area (Å²) in [6, 6.07) is 9.54. The van der Waals surface area contributed by atoms with Crippen molar-refractivity contribution in [1.82, 2.24) is 0 Å². The van der Waals surface area contributed by atoms with Crippen LogP contribution in [0.5, 0.6) is 0 Å². The van der Waals surface area contributed by atoms with E-state index in [1.165, 1.54) is 24.5 Å². The molecule has 0 saturated heterocycles. The van der Waals surface area contributed by atoms with Gasteiger partial charge in [0.25, 0.3) is 11.8 Å². The van der Waals surface area contributed by atoms with Gasteiger partial charge < -0.3 is 19.9 Å². The first kappa shape index (κ1) is 26.4. The van der Waals surface area contributed by atoms with Gasteiger partial charge in [0.2, 0.25) is 0 Å². The Balaban J connectivity index is 0.000000523. The molecule has 0 aliphatic heterocycles. The Hall–Kier alpha value is -2.64. The van der Waals surface area contributed by atoms with Gasteiger partial charge in [-0.1, -0.05) is 53.7 Å². The molecular weight excluding hydrogens is 424 g/mol. The van der Waals surface area contributed by atoms with Gasteiger partial charge in [-0.05, 0) is 36.7 Å². The quantitative estimate of drug-likeness (QED) is 0.393. The van der Waals surface area contributed by atoms with Gasteiger partial charge in [-0.15, -0.1) is 0 Å². The van der Waals surface area contributed by atoms with Crippen LogP contribution in [-0.2, 0) is 26.7 Å². The molecule has 2 heterocycles. The first-order valence-corrected chi connectivity index (χ1v) is 8.71. The van der Waals surface area contributed by atoms with E-state index in [-0.39, 0.29) is 40.5 Å². The van der Waals surface area contributed by atoms with Crippen LogP contribution in [0.15, 0.2) is 48.8 Å². The number of hydrogen-bond acceptors (Lipinski definition) is 4. The van der Waals surface area contributed by atoms with E-state index in [2.05, 4.69) is 10.6 Å². The zero-order valence-electron chi connectivity index (χ0n) is 17.3. The van der Waals surface area contributed by atoms with Crippen molar-refractivity contribution in [3.63, 3.8) is 0 Å². The van der Waals surface area contributed by atoms with Crippen LogP contribution in [0.1, 0.15) is 41.5 Å². The second-order valence-electron chi connectivity index (χ2n) is 8.10. The minimum atomic E-state index is -0.553. The van der Waals surface area contributed by atoms with Crippen LogP contribution < -0.4 is 9.46 Å². The van der Waals surface area contributed by atoms with E-state index < -0.39 is 10.8 Å². The van der Waals surface area contributed by atoms with Crippen LogP contribution in [0.25, 0.3) is 10.6 Å². The number of carbonyl (C=O) groups is 2. The average molecular weight is 450 g/mol. The van der Waals surface area contributed by atoms with E-state index in [0.29, 0.717) is 9.46 Å². The Morgan fingerprint density at radius 3 is 1.28 bits per heavy atom. The van der Waals surface area contributed by atoms with E-state index in [9.17, 15) is 20.0 Å². The summed E-state index contributed by atoms with van der Waals surface area (Å²) in [6.45, 7) is 10.6. The van der Waals surface area contributed by atoms with Crippen LogP contribution in [0, 0.1) is 21.2 Å². The van der Waals surface area contributed by atoms with Crippen molar-refractivity contribution in [2.24, 2.45) is 10.8 Å². The molecule has 0 spiro atoms. The van der Waals surface area contributed by atoms with Crippen LogP contribution in [0.3, 0.4) is 0 Å². The van der Waals surface area contributed by atoms with Crippen LogP contribution in [-0.4, -0.2) is 11.8 Å². The van der Waals surface area contributed by atoms with Crippen molar-refractivity contribution in [2.45, 2.75) is 41.5 Å². The molecule has 9 heteroatoms. The van der Waals surface area contributed by atoms with Crippen molar-refractivity contribution in [3.8, 4) is 0 Å². The third-order valence-corrected chi connectivity index (χ3v) is 3.32. The number of amides is 2. The molecule has 2 amide bonds. The SMILES string of the molecule is CC(C)(C)C(=O)[N-]c1cccc[n+]1[O-].CC(C)(C)C(=O)[N-]c1cccc[n+]1[O-].[Cu+2]. The maximum atomic E-state index is 11.5. The first-order chi connectivity index (χ1) is 12.8. The van der Waals surface area contributed by atoms with Crippen molar-refractivity contribution < 1.29 is 36.1 Å². The van der Waals surface area contributed by atoms with E-state index in [1.807, 2.05) is 0 Å². The Morgan fingerprint density at radius 2 is 1.03 bits per heavy atom. The summed E-state index contributed by atoms with van der Waals surface area (Å²) < 4.78 is 1.15. The molecule has 161 valence electrons. The fourth-order valence-electron chi connectivity index (χ4n) is 1.56. The van der Waals surface area contributed by atoms with Gasteiger partial charge in [0.1, 0.15) is 11.6 Å². The zero-order chi connectivity index (χ0) is 21.5. The van der Waals surface area contributed by atoms with Crippen molar-refractivity contribution in [1.29, 1.82) is 0 Å². The van der Waals surface area contributed by atoms with Crippen molar-refractivity contribution in [2.75, 3.05) is 0 Å². The van der Waals surface area contributed by atoms with Crippen LogP contribution in [0.2, 0.25) is 0 Å². The summed E-state index contributed by atoms with van der Waals surface area (Å²) in [5, 5.41) is 29.8. The molecule has 0 unspecified atom stereocenters. The van der Waals surface area contributed by atoms with Gasteiger partial charge in [0.15, 0.2) is 0 Å². The Bertz CT molecular complexity index is 760. The zero-order valence-corrected chi connectivity index (χ0v) is 18.3. The van der Waals surface area contributed by atoms with E-state index in [0.717, 1.165) is 0 Å². The summed E-state index contributed by atoms with van der Waals surface area (Å²) >= 11 is 0. The van der Waals surface area contributed by atoms with E-state index in [1.54, 1.807) is 65.8 Å². The molecule has 0 saturated carbocycles. The number of rotatable bonds is 2. The largest absolute Gasteiger partial charge is 2.00 e. The van der Waals surface area contributed by atoms with E-state index >= 15 is 0 Å². The number of pyridine rings is 2. The number of nitrogens with zero attached hydrogens (tertiary/aromatic N) is 4. The number of hydrogen-bond donors (Lipinski definition) is 0. The van der Waals surface area contributed by atoms with Gasteiger partial charge in [-0.2, -0.15) is 10.6 Å². The maximum absolute atomic E-state index is 11.5. The van der Waals surface area contributed by atoms with Crippen molar-refractivity contribution >= 4 is 23.5 Å². The monoisotopic (exact) mass is 449 g/mol. The van der Waals surface area contributed by atoms with Gasteiger partial charge in [0, 0.05) is 10.8 Å². The number of aromatic nitrogens is 2.